The van der Waals surface area contributed by atoms with Crippen molar-refractivity contribution in [2.24, 2.45) is 0 Å². The fourth-order valence-corrected chi connectivity index (χ4v) is 3.58. The van der Waals surface area contributed by atoms with Crippen molar-refractivity contribution in [2.75, 3.05) is 6.26 Å². The summed E-state index contributed by atoms with van der Waals surface area (Å²) in [6.07, 6.45) is 2.86. The number of hydrogen-bond donors (Lipinski definition) is 0. The minimum absolute atomic E-state index is 0.325. The second kappa shape index (κ2) is 6.24. The molecule has 0 spiro atoms. The summed E-state index contributed by atoms with van der Waals surface area (Å²) >= 11 is 1.45. The van der Waals surface area contributed by atoms with Crippen molar-refractivity contribution >= 4 is 11.8 Å². The monoisotopic (exact) mass is 359 g/mol. The van der Waals surface area contributed by atoms with Crippen LogP contribution in [0.2, 0.25) is 0 Å². The van der Waals surface area contributed by atoms with E-state index in [0.717, 1.165) is 5.16 Å². The highest BCUT2D eigenvalue weighted by Crippen LogP contribution is 2.58. The molecule has 4 nitrogen and oxygen atoms in total. The van der Waals surface area contributed by atoms with Gasteiger partial charge in [-0.2, -0.15) is 5.10 Å². The molecule has 2 heterocycles. The van der Waals surface area contributed by atoms with Crippen LogP contribution in [-0.4, -0.2) is 21.0 Å². The Balaban J connectivity index is 1.77. The molecule has 1 aliphatic heterocycles. The Kier molecular flexibility index (Phi) is 4.05. The topological polar surface area (TPSA) is 43.2 Å². The molecule has 0 amide bonds. The van der Waals surface area contributed by atoms with Gasteiger partial charge in [0, 0.05) is 5.56 Å². The Morgan fingerprint density at radius 3 is 2.80 bits per heavy atom. The predicted octanol–water partition coefficient (Wildman–Crippen LogP) is 3.95. The number of hydrogen-bond acceptors (Lipinski definition) is 4. The number of ether oxygens (including phenoxy) is 1. The number of nitrogens with zero attached hydrogens (tertiary/aromatic N) is 3. The van der Waals surface area contributed by atoms with Crippen LogP contribution in [-0.2, 0) is 16.9 Å². The Labute approximate surface area is 147 Å². The summed E-state index contributed by atoms with van der Waals surface area (Å²) < 4.78 is 35.7. The molecule has 0 unspecified atom stereocenters. The molecule has 1 fully saturated rings. The van der Waals surface area contributed by atoms with Crippen LogP contribution in [0.25, 0.3) is 0 Å². The van der Waals surface area contributed by atoms with E-state index in [9.17, 15) is 8.78 Å². The summed E-state index contributed by atoms with van der Waals surface area (Å²) in [6, 6.07) is 12.7. The van der Waals surface area contributed by atoms with Gasteiger partial charge in [-0.15, -0.1) is 0 Å². The van der Waals surface area contributed by atoms with E-state index in [1.807, 2.05) is 6.26 Å². The lowest BCUT2D eigenvalue weighted by atomic mass is 9.91. The van der Waals surface area contributed by atoms with Gasteiger partial charge < -0.3 is 4.74 Å². The smallest absolute Gasteiger partial charge is 0.185 e. The van der Waals surface area contributed by atoms with Gasteiger partial charge in [0.15, 0.2) is 5.16 Å². The van der Waals surface area contributed by atoms with Crippen LogP contribution in [0.1, 0.15) is 17.2 Å². The van der Waals surface area contributed by atoms with E-state index in [1.54, 1.807) is 35.0 Å². The van der Waals surface area contributed by atoms with E-state index < -0.39 is 11.7 Å². The quantitative estimate of drug-likeness (QED) is 0.511. The largest absolute Gasteiger partial charge is 0.354 e. The minimum atomic E-state index is -0.873. The number of epoxide rings is 1. The first-order valence-electron chi connectivity index (χ1n) is 7.74. The number of rotatable bonds is 5. The molecule has 1 aliphatic rings. The Morgan fingerprint density at radius 1 is 1.20 bits per heavy atom. The lowest BCUT2D eigenvalue weighted by Gasteiger charge is -2.15. The van der Waals surface area contributed by atoms with Gasteiger partial charge in [-0.3, -0.25) is 0 Å². The third-order valence-corrected chi connectivity index (χ3v) is 5.02. The molecule has 7 heteroatoms. The molecule has 128 valence electrons. The van der Waals surface area contributed by atoms with Crippen molar-refractivity contribution in [1.82, 2.24) is 14.8 Å². The summed E-state index contributed by atoms with van der Waals surface area (Å²) in [6.45, 7) is 0.325. The molecule has 1 saturated heterocycles. The second-order valence-electron chi connectivity index (χ2n) is 5.82. The Bertz CT molecular complexity index is 917. The van der Waals surface area contributed by atoms with Gasteiger partial charge >= 0.3 is 0 Å². The van der Waals surface area contributed by atoms with E-state index in [2.05, 4.69) is 10.1 Å². The van der Waals surface area contributed by atoms with Crippen molar-refractivity contribution in [1.29, 1.82) is 0 Å². The van der Waals surface area contributed by atoms with Gasteiger partial charge in [0.25, 0.3) is 0 Å². The highest BCUT2D eigenvalue weighted by molar-refractivity contribution is 7.98. The van der Waals surface area contributed by atoms with Gasteiger partial charge in [-0.1, -0.05) is 42.1 Å². The van der Waals surface area contributed by atoms with Crippen LogP contribution in [0, 0.1) is 11.6 Å². The van der Waals surface area contributed by atoms with Gasteiger partial charge in [-0.05, 0) is 30.0 Å². The van der Waals surface area contributed by atoms with Crippen molar-refractivity contribution < 1.29 is 13.5 Å². The molecular formula is C18H15F2N3OS. The van der Waals surface area contributed by atoms with Crippen molar-refractivity contribution in [2.45, 2.75) is 23.4 Å². The molecule has 0 bridgehead atoms. The van der Waals surface area contributed by atoms with E-state index in [4.69, 9.17) is 4.74 Å². The lowest BCUT2D eigenvalue weighted by Crippen LogP contribution is -2.21. The molecular weight excluding hydrogens is 344 g/mol. The Morgan fingerprint density at radius 2 is 2.04 bits per heavy atom. The fraction of sp³-hybridized carbons (Fsp3) is 0.222. The van der Waals surface area contributed by atoms with Crippen LogP contribution < -0.4 is 0 Å². The van der Waals surface area contributed by atoms with Gasteiger partial charge in [-0.25, -0.2) is 18.4 Å². The van der Waals surface area contributed by atoms with Crippen LogP contribution in [0.4, 0.5) is 8.78 Å². The molecule has 0 radical (unpaired) electrons. The maximum absolute atomic E-state index is 14.2. The normalized spacial score (nSPS) is 22.1. The minimum Gasteiger partial charge on any atom is -0.354 e. The number of thioether (sulfide) groups is 1. The summed E-state index contributed by atoms with van der Waals surface area (Å²) in [5, 5.41) is 4.95. The van der Waals surface area contributed by atoms with Crippen LogP contribution in [0.15, 0.2) is 60.0 Å². The fourth-order valence-electron chi connectivity index (χ4n) is 3.10. The summed E-state index contributed by atoms with van der Waals surface area (Å²) in [5.41, 5.74) is 0.239. The third kappa shape index (κ3) is 2.83. The summed E-state index contributed by atoms with van der Waals surface area (Å²) in [5.74, 6) is -0.696. The number of benzene rings is 2. The Hall–Kier alpha value is -2.25. The average molecular weight is 359 g/mol. The maximum atomic E-state index is 14.2. The van der Waals surface area contributed by atoms with Crippen molar-refractivity contribution in [3.63, 3.8) is 0 Å². The van der Waals surface area contributed by atoms with E-state index in [1.165, 1.54) is 36.3 Å². The average Bonchev–Trinajstić information content (AvgIpc) is 3.16. The predicted molar refractivity (Wildman–Crippen MR) is 90.1 cm³/mol. The van der Waals surface area contributed by atoms with Crippen molar-refractivity contribution in [3.8, 4) is 0 Å². The summed E-state index contributed by atoms with van der Waals surface area (Å²) in [4.78, 5) is 4.18. The maximum Gasteiger partial charge on any atom is 0.185 e. The molecule has 2 aromatic carbocycles. The molecule has 0 N–H and O–H groups in total. The van der Waals surface area contributed by atoms with E-state index >= 15 is 0 Å². The molecule has 4 rings (SSSR count). The van der Waals surface area contributed by atoms with Gasteiger partial charge in [0.1, 0.15) is 29.7 Å². The SMILES string of the molecule is CSc1ncnn1C[C@]1(c2cccc(F)c2)O[C@@H]1c1ccccc1F. The van der Waals surface area contributed by atoms with E-state index in [-0.39, 0.29) is 11.6 Å². The van der Waals surface area contributed by atoms with Gasteiger partial charge in [0.05, 0.1) is 6.54 Å². The van der Waals surface area contributed by atoms with Crippen LogP contribution in [0.5, 0.6) is 0 Å². The number of halogens is 2. The van der Waals surface area contributed by atoms with Crippen molar-refractivity contribution in [3.05, 3.63) is 77.6 Å². The van der Waals surface area contributed by atoms with E-state index in [0.29, 0.717) is 17.7 Å². The molecule has 3 aromatic rings. The zero-order chi connectivity index (χ0) is 17.4. The summed E-state index contributed by atoms with van der Waals surface area (Å²) in [7, 11) is 0. The first kappa shape index (κ1) is 16.2. The first-order chi connectivity index (χ1) is 12.1. The molecule has 25 heavy (non-hydrogen) atoms. The third-order valence-electron chi connectivity index (χ3n) is 4.34. The molecule has 1 aromatic heterocycles. The highest BCUT2D eigenvalue weighted by atomic mass is 32.2. The van der Waals surface area contributed by atoms with Gasteiger partial charge in [0.2, 0.25) is 0 Å². The zero-order valence-corrected chi connectivity index (χ0v) is 14.2. The molecule has 0 aliphatic carbocycles. The standard InChI is InChI=1S/C18H15F2N3OS/c1-25-17-21-11-22-23(17)10-18(12-5-4-6-13(19)9-12)16(24-18)14-7-2-3-8-15(14)20/h2-9,11,16H,10H2,1H3/t16-,18-/m1/s1. The number of aromatic nitrogens is 3. The zero-order valence-electron chi connectivity index (χ0n) is 13.4. The van der Waals surface area contributed by atoms with Crippen LogP contribution in [0.3, 0.4) is 0 Å². The lowest BCUT2D eigenvalue weighted by molar-refractivity contribution is 0.255. The molecule has 2 atom stereocenters. The first-order valence-corrected chi connectivity index (χ1v) is 8.96. The van der Waals surface area contributed by atoms with Crippen LogP contribution >= 0.6 is 11.8 Å². The molecule has 0 saturated carbocycles. The second-order valence-corrected chi connectivity index (χ2v) is 6.60. The highest BCUT2D eigenvalue weighted by Gasteiger charge is 2.60.